The lowest BCUT2D eigenvalue weighted by atomic mass is 10.1. The van der Waals surface area contributed by atoms with E-state index >= 15 is 0 Å². The van der Waals surface area contributed by atoms with Crippen molar-refractivity contribution < 1.29 is 14.4 Å². The van der Waals surface area contributed by atoms with Crippen molar-refractivity contribution in [3.05, 3.63) is 71.8 Å². The summed E-state index contributed by atoms with van der Waals surface area (Å²) in [6, 6.07) is 19.6. The van der Waals surface area contributed by atoms with E-state index < -0.39 is 0 Å². The molecule has 2 aliphatic heterocycles. The molecule has 2 heterocycles. The minimum absolute atomic E-state index is 0.0363. The molecule has 2 saturated heterocycles. The van der Waals surface area contributed by atoms with Crippen LogP contribution in [-0.4, -0.2) is 65.1 Å². The van der Waals surface area contributed by atoms with Gasteiger partial charge in [-0.1, -0.05) is 60.7 Å². The molecule has 6 nitrogen and oxygen atoms in total. The summed E-state index contributed by atoms with van der Waals surface area (Å²) in [7, 11) is 0. The molecule has 2 aromatic carbocycles. The zero-order valence-corrected chi connectivity index (χ0v) is 18.7. The van der Waals surface area contributed by atoms with E-state index in [9.17, 15) is 14.4 Å². The van der Waals surface area contributed by atoms with E-state index in [1.54, 1.807) is 0 Å². The number of hydrogen-bond donors (Lipinski definition) is 0. The summed E-state index contributed by atoms with van der Waals surface area (Å²) >= 11 is 0. The third-order valence-electron chi connectivity index (χ3n) is 6.62. The molecule has 0 N–H and O–H groups in total. The zero-order valence-electron chi connectivity index (χ0n) is 18.7. The third kappa shape index (κ3) is 5.01. The van der Waals surface area contributed by atoms with Crippen molar-refractivity contribution in [3.8, 4) is 0 Å². The molecule has 0 aromatic heterocycles. The summed E-state index contributed by atoms with van der Waals surface area (Å²) in [5, 5.41) is 0. The van der Waals surface area contributed by atoms with Crippen LogP contribution in [0.25, 0.3) is 0 Å². The predicted octanol–water partition coefficient (Wildman–Crippen LogP) is 2.90. The number of carbonyl (C=O) groups excluding carboxylic acids is 3. The van der Waals surface area contributed by atoms with Crippen LogP contribution < -0.4 is 0 Å². The number of nitrogens with zero attached hydrogens (tertiary/aromatic N) is 3. The second kappa shape index (κ2) is 9.98. The highest BCUT2D eigenvalue weighted by Gasteiger charge is 2.39. The van der Waals surface area contributed by atoms with Crippen LogP contribution in [0.5, 0.6) is 0 Å². The molecule has 0 spiro atoms. The first kappa shape index (κ1) is 22.1. The molecule has 2 unspecified atom stereocenters. The Morgan fingerprint density at radius 3 is 2.25 bits per heavy atom. The molecule has 0 aliphatic carbocycles. The Hall–Kier alpha value is -3.15. The van der Waals surface area contributed by atoms with Gasteiger partial charge in [0.05, 0.1) is 18.4 Å². The summed E-state index contributed by atoms with van der Waals surface area (Å²) in [4.78, 5) is 44.1. The van der Waals surface area contributed by atoms with Crippen molar-refractivity contribution >= 4 is 17.7 Å². The maximum atomic E-state index is 13.2. The van der Waals surface area contributed by atoms with E-state index in [1.807, 2.05) is 82.3 Å². The maximum Gasteiger partial charge on any atom is 0.228 e. The summed E-state index contributed by atoms with van der Waals surface area (Å²) in [5.74, 6) is -0.128. The molecule has 0 radical (unpaired) electrons. The van der Waals surface area contributed by atoms with Gasteiger partial charge in [0.1, 0.15) is 0 Å². The molecular weight excluding hydrogens is 402 g/mol. The van der Waals surface area contributed by atoms with E-state index in [0.717, 1.165) is 17.5 Å². The first-order valence-corrected chi connectivity index (χ1v) is 11.5. The molecule has 2 fully saturated rings. The quantitative estimate of drug-likeness (QED) is 0.729. The molecule has 32 heavy (non-hydrogen) atoms. The molecule has 2 atom stereocenters. The highest BCUT2D eigenvalue weighted by Crippen LogP contribution is 2.29. The SMILES string of the molecule is CC(c1ccccc1)N1CC(C(=O)N2CCCN(C(=O)Cc3ccccc3)CC2)CC1=O. The molecule has 3 amide bonds. The number of likely N-dealkylation sites (tertiary alicyclic amines) is 1. The summed E-state index contributed by atoms with van der Waals surface area (Å²) in [6.07, 6.45) is 1.42. The molecular formula is C26H31N3O3. The van der Waals surface area contributed by atoms with Crippen LogP contribution in [0.15, 0.2) is 60.7 Å². The normalized spacial score (nSPS) is 20.2. The van der Waals surface area contributed by atoms with E-state index in [-0.39, 0.29) is 36.1 Å². The maximum absolute atomic E-state index is 13.2. The lowest BCUT2D eigenvalue weighted by Gasteiger charge is -2.27. The van der Waals surface area contributed by atoms with Crippen molar-refractivity contribution in [2.24, 2.45) is 5.92 Å². The zero-order chi connectivity index (χ0) is 22.5. The first-order valence-electron chi connectivity index (χ1n) is 11.5. The fraction of sp³-hybridized carbons (Fsp3) is 0.423. The van der Waals surface area contributed by atoms with Crippen molar-refractivity contribution in [1.82, 2.24) is 14.7 Å². The Bertz CT molecular complexity index is 947. The molecule has 6 heteroatoms. The van der Waals surface area contributed by atoms with Crippen molar-refractivity contribution in [2.75, 3.05) is 32.7 Å². The van der Waals surface area contributed by atoms with Gasteiger partial charge in [-0.05, 0) is 24.5 Å². The standard InChI is InChI=1S/C26H31N3O3/c1-20(22-11-6-3-7-12-22)29-19-23(18-25(29)31)26(32)28-14-8-13-27(15-16-28)24(30)17-21-9-4-2-5-10-21/h2-7,9-12,20,23H,8,13-19H2,1H3. The van der Waals surface area contributed by atoms with Gasteiger partial charge in [-0.15, -0.1) is 0 Å². The highest BCUT2D eigenvalue weighted by atomic mass is 16.2. The monoisotopic (exact) mass is 433 g/mol. The van der Waals surface area contributed by atoms with E-state index in [1.165, 1.54) is 0 Å². The van der Waals surface area contributed by atoms with Gasteiger partial charge < -0.3 is 14.7 Å². The molecule has 4 rings (SSSR count). The van der Waals surface area contributed by atoms with Gasteiger partial charge in [-0.2, -0.15) is 0 Å². The molecule has 168 valence electrons. The summed E-state index contributed by atoms with van der Waals surface area (Å²) < 4.78 is 0. The van der Waals surface area contributed by atoms with Gasteiger partial charge in [0.2, 0.25) is 17.7 Å². The number of rotatable bonds is 5. The highest BCUT2D eigenvalue weighted by molar-refractivity contribution is 5.89. The minimum atomic E-state index is -0.305. The van der Waals surface area contributed by atoms with Gasteiger partial charge in [-0.3, -0.25) is 14.4 Å². The average molecular weight is 434 g/mol. The molecule has 2 aromatic rings. The number of amides is 3. The van der Waals surface area contributed by atoms with Crippen molar-refractivity contribution in [1.29, 1.82) is 0 Å². The van der Waals surface area contributed by atoms with Crippen LogP contribution in [0.1, 0.15) is 36.9 Å². The Kier molecular flexibility index (Phi) is 6.88. The van der Waals surface area contributed by atoms with Crippen molar-refractivity contribution in [3.63, 3.8) is 0 Å². The van der Waals surface area contributed by atoms with E-state index in [2.05, 4.69) is 0 Å². The molecule has 0 bridgehead atoms. The fourth-order valence-electron chi connectivity index (χ4n) is 4.71. The lowest BCUT2D eigenvalue weighted by molar-refractivity contribution is -0.136. The lowest BCUT2D eigenvalue weighted by Crippen LogP contribution is -2.41. The van der Waals surface area contributed by atoms with E-state index in [4.69, 9.17) is 0 Å². The second-order valence-corrected chi connectivity index (χ2v) is 8.76. The fourth-order valence-corrected chi connectivity index (χ4v) is 4.71. The van der Waals surface area contributed by atoms with Crippen LogP contribution >= 0.6 is 0 Å². The van der Waals surface area contributed by atoms with Crippen molar-refractivity contribution in [2.45, 2.75) is 32.2 Å². The van der Waals surface area contributed by atoms with Crippen LogP contribution in [0, 0.1) is 5.92 Å². The van der Waals surface area contributed by atoms with Gasteiger partial charge in [0.15, 0.2) is 0 Å². The van der Waals surface area contributed by atoms with Gasteiger partial charge >= 0.3 is 0 Å². The number of hydrogen-bond acceptors (Lipinski definition) is 3. The van der Waals surface area contributed by atoms with Gasteiger partial charge in [0.25, 0.3) is 0 Å². The Balaban J connectivity index is 1.33. The minimum Gasteiger partial charge on any atom is -0.341 e. The largest absolute Gasteiger partial charge is 0.341 e. The second-order valence-electron chi connectivity index (χ2n) is 8.76. The predicted molar refractivity (Wildman–Crippen MR) is 123 cm³/mol. The first-order chi connectivity index (χ1) is 15.5. The number of benzene rings is 2. The third-order valence-corrected chi connectivity index (χ3v) is 6.62. The molecule has 0 saturated carbocycles. The van der Waals surface area contributed by atoms with Crippen LogP contribution in [0.2, 0.25) is 0 Å². The van der Waals surface area contributed by atoms with Crippen LogP contribution in [-0.2, 0) is 20.8 Å². The molecule has 2 aliphatic rings. The van der Waals surface area contributed by atoms with Crippen LogP contribution in [0.3, 0.4) is 0 Å². The number of carbonyl (C=O) groups is 3. The Labute approximate surface area is 189 Å². The topological polar surface area (TPSA) is 60.9 Å². The Morgan fingerprint density at radius 1 is 0.906 bits per heavy atom. The summed E-state index contributed by atoms with van der Waals surface area (Å²) in [6.45, 7) is 4.84. The summed E-state index contributed by atoms with van der Waals surface area (Å²) in [5.41, 5.74) is 2.09. The van der Waals surface area contributed by atoms with Gasteiger partial charge in [-0.25, -0.2) is 0 Å². The van der Waals surface area contributed by atoms with Crippen LogP contribution in [0.4, 0.5) is 0 Å². The van der Waals surface area contributed by atoms with Gasteiger partial charge in [0, 0.05) is 39.1 Å². The average Bonchev–Trinajstić information content (AvgIpc) is 3.04. The Morgan fingerprint density at radius 2 is 1.53 bits per heavy atom. The smallest absolute Gasteiger partial charge is 0.228 e. The van der Waals surface area contributed by atoms with E-state index in [0.29, 0.717) is 39.1 Å².